The highest BCUT2D eigenvalue weighted by Crippen LogP contribution is 2.44. The van der Waals surface area contributed by atoms with Gasteiger partial charge in [-0.2, -0.15) is 0 Å². The molecule has 3 fully saturated rings. The number of nitrogens with zero attached hydrogens (tertiary/aromatic N) is 3. The summed E-state index contributed by atoms with van der Waals surface area (Å²) in [4.78, 5) is 26.4. The van der Waals surface area contributed by atoms with E-state index in [1.165, 1.54) is 0 Å². The maximum atomic E-state index is 14.2. The molecule has 4 heterocycles. The number of likely N-dealkylation sites (tertiary alicyclic amines) is 1. The van der Waals surface area contributed by atoms with Crippen molar-refractivity contribution < 1.29 is 14.3 Å². The number of aromatic amines is 1. The minimum absolute atomic E-state index is 0.0734. The van der Waals surface area contributed by atoms with Crippen LogP contribution in [-0.4, -0.2) is 75.6 Å². The molecule has 212 valence electrons. The van der Waals surface area contributed by atoms with E-state index in [2.05, 4.69) is 33.0 Å². The zero-order valence-electron chi connectivity index (χ0n) is 23.3. The Morgan fingerprint density at radius 2 is 2.05 bits per heavy atom. The van der Waals surface area contributed by atoms with Crippen LogP contribution in [0.25, 0.3) is 0 Å². The fourth-order valence-electron chi connectivity index (χ4n) is 7.28. The van der Waals surface area contributed by atoms with Gasteiger partial charge in [-0.1, -0.05) is 13.8 Å². The van der Waals surface area contributed by atoms with Crippen LogP contribution < -0.4 is 16.2 Å². The van der Waals surface area contributed by atoms with E-state index in [-0.39, 0.29) is 35.7 Å². The van der Waals surface area contributed by atoms with Gasteiger partial charge in [0, 0.05) is 38.1 Å². The average Bonchev–Trinajstić information content (AvgIpc) is 3.52. The van der Waals surface area contributed by atoms with Crippen LogP contribution in [0.4, 0.5) is 4.39 Å². The molecule has 2 aromatic rings. The SMILES string of the molecule is CCCN1Cc2[nH]c(C3NNC4CC(c5cc(F)c(O)cc5CC)CCC43)nc2CC1C(=O)N1CC(NC)C1. The van der Waals surface area contributed by atoms with Crippen molar-refractivity contribution >= 4 is 5.91 Å². The number of hydrogen-bond donors (Lipinski definition) is 5. The van der Waals surface area contributed by atoms with Crippen molar-refractivity contribution in [3.05, 3.63) is 46.3 Å². The molecule has 0 bridgehead atoms. The molecule has 5 unspecified atom stereocenters. The lowest BCUT2D eigenvalue weighted by atomic mass is 9.73. The smallest absolute Gasteiger partial charge is 0.240 e. The zero-order valence-corrected chi connectivity index (χ0v) is 23.3. The number of imidazole rings is 1. The summed E-state index contributed by atoms with van der Waals surface area (Å²) >= 11 is 0. The van der Waals surface area contributed by atoms with E-state index in [1.54, 1.807) is 12.1 Å². The summed E-state index contributed by atoms with van der Waals surface area (Å²) in [6.45, 7) is 7.38. The number of H-pyrrole nitrogens is 1. The van der Waals surface area contributed by atoms with Crippen molar-refractivity contribution in [2.24, 2.45) is 5.92 Å². The highest BCUT2D eigenvalue weighted by molar-refractivity contribution is 5.83. The Bertz CT molecular complexity index is 1210. The monoisotopic (exact) mass is 539 g/mol. The van der Waals surface area contributed by atoms with E-state index >= 15 is 0 Å². The topological polar surface area (TPSA) is 109 Å². The molecule has 10 heteroatoms. The fraction of sp³-hybridized carbons (Fsp3) is 0.655. The number of nitrogens with one attached hydrogen (secondary N) is 4. The standard InChI is InChI=1S/C29H42FN7O2/c1-4-8-36-15-24-23(12-25(36)29(39)37-13-18(14-37)31-3)32-28(33-24)27-19-7-6-17(9-22(19)34-35-27)20-11-21(30)26(38)10-16(20)5-2/h10-11,17-19,22,25,27,31,34-35,38H,4-9,12-15H2,1-3H3,(H,32,33). The first-order valence-electron chi connectivity index (χ1n) is 14.7. The number of halogens is 1. The van der Waals surface area contributed by atoms with Crippen LogP contribution in [0.1, 0.15) is 79.8 Å². The summed E-state index contributed by atoms with van der Waals surface area (Å²) in [5.74, 6) is 1.01. The van der Waals surface area contributed by atoms with Gasteiger partial charge >= 0.3 is 0 Å². The van der Waals surface area contributed by atoms with Gasteiger partial charge in [-0.15, -0.1) is 0 Å². The number of rotatable bonds is 7. The van der Waals surface area contributed by atoms with Crippen LogP contribution in [0.5, 0.6) is 5.75 Å². The summed E-state index contributed by atoms with van der Waals surface area (Å²) in [6.07, 6.45) is 5.31. The molecule has 9 nitrogen and oxygen atoms in total. The molecule has 1 amide bonds. The number of hydrogen-bond acceptors (Lipinski definition) is 7. The molecule has 3 aliphatic heterocycles. The molecule has 1 aromatic carbocycles. The fourth-order valence-corrected chi connectivity index (χ4v) is 7.28. The number of carbonyl (C=O) groups is 1. The summed E-state index contributed by atoms with van der Waals surface area (Å²) in [5, 5.41) is 13.1. The summed E-state index contributed by atoms with van der Waals surface area (Å²) < 4.78 is 14.2. The van der Waals surface area contributed by atoms with Crippen LogP contribution in [0.3, 0.4) is 0 Å². The third-order valence-electron chi connectivity index (χ3n) is 9.55. The molecule has 2 saturated heterocycles. The quantitative estimate of drug-likeness (QED) is 0.368. The molecule has 5 N–H and O–H groups in total. The molecule has 0 radical (unpaired) electrons. The summed E-state index contributed by atoms with van der Waals surface area (Å²) in [6, 6.07) is 3.71. The maximum absolute atomic E-state index is 14.2. The second kappa shape index (κ2) is 10.8. The lowest BCUT2D eigenvalue weighted by Gasteiger charge is -2.44. The first-order valence-corrected chi connectivity index (χ1v) is 14.7. The highest BCUT2D eigenvalue weighted by atomic mass is 19.1. The van der Waals surface area contributed by atoms with Crippen molar-refractivity contribution in [1.82, 2.24) is 35.9 Å². The second-order valence-electron chi connectivity index (χ2n) is 11.9. The number of likely N-dealkylation sites (N-methyl/N-ethyl adjacent to an activating group) is 1. The van der Waals surface area contributed by atoms with Crippen LogP contribution in [0.2, 0.25) is 0 Å². The second-order valence-corrected chi connectivity index (χ2v) is 11.9. The summed E-state index contributed by atoms with van der Waals surface area (Å²) in [5.41, 5.74) is 11.2. The largest absolute Gasteiger partial charge is 0.505 e. The predicted molar refractivity (Wildman–Crippen MR) is 147 cm³/mol. The number of aromatic nitrogens is 2. The molecular formula is C29H42FN7O2. The number of aryl methyl sites for hydroxylation is 1. The normalized spacial score (nSPS) is 29.2. The molecule has 1 aliphatic carbocycles. The minimum atomic E-state index is -0.536. The van der Waals surface area contributed by atoms with Gasteiger partial charge in [0.05, 0.1) is 23.5 Å². The van der Waals surface area contributed by atoms with Crippen molar-refractivity contribution in [3.8, 4) is 5.75 Å². The van der Waals surface area contributed by atoms with Crippen molar-refractivity contribution in [2.45, 2.75) is 89.0 Å². The van der Waals surface area contributed by atoms with Crippen LogP contribution >= 0.6 is 0 Å². The van der Waals surface area contributed by atoms with E-state index in [9.17, 15) is 14.3 Å². The number of carbonyl (C=O) groups excluding carboxylic acids is 1. The number of amides is 1. The average molecular weight is 540 g/mol. The molecule has 5 atom stereocenters. The van der Waals surface area contributed by atoms with Gasteiger partial charge in [-0.3, -0.25) is 15.1 Å². The Balaban J connectivity index is 1.16. The molecule has 1 saturated carbocycles. The van der Waals surface area contributed by atoms with Crippen LogP contribution in [-0.2, 0) is 24.2 Å². The van der Waals surface area contributed by atoms with Gasteiger partial charge in [0.2, 0.25) is 5.91 Å². The molecule has 39 heavy (non-hydrogen) atoms. The highest BCUT2D eigenvalue weighted by Gasteiger charge is 2.44. The molecular weight excluding hydrogens is 497 g/mol. The van der Waals surface area contributed by atoms with Gasteiger partial charge in [-0.25, -0.2) is 14.8 Å². The third-order valence-corrected chi connectivity index (χ3v) is 9.55. The van der Waals surface area contributed by atoms with Gasteiger partial charge in [0.1, 0.15) is 5.82 Å². The summed E-state index contributed by atoms with van der Waals surface area (Å²) in [7, 11) is 1.95. The van der Waals surface area contributed by atoms with E-state index in [0.29, 0.717) is 18.4 Å². The Kier molecular flexibility index (Phi) is 7.39. The minimum Gasteiger partial charge on any atom is -0.505 e. The Hall–Kier alpha value is -2.53. The molecule has 4 aliphatic rings. The predicted octanol–water partition coefficient (Wildman–Crippen LogP) is 2.49. The van der Waals surface area contributed by atoms with Crippen molar-refractivity contribution in [2.75, 3.05) is 26.7 Å². The number of fused-ring (bicyclic) bond motifs is 2. The molecule has 0 spiro atoms. The van der Waals surface area contributed by atoms with E-state index in [4.69, 9.17) is 4.98 Å². The maximum Gasteiger partial charge on any atom is 0.240 e. The number of phenols is 1. The Morgan fingerprint density at radius 3 is 2.79 bits per heavy atom. The van der Waals surface area contributed by atoms with E-state index in [0.717, 1.165) is 86.6 Å². The number of hydrazine groups is 1. The number of aromatic hydroxyl groups is 1. The Labute approximate surface area is 229 Å². The van der Waals surface area contributed by atoms with E-state index < -0.39 is 5.82 Å². The number of benzene rings is 1. The van der Waals surface area contributed by atoms with Crippen molar-refractivity contribution in [3.63, 3.8) is 0 Å². The molecule has 6 rings (SSSR count). The number of phenolic OH excluding ortho intramolecular Hbond substituents is 1. The van der Waals surface area contributed by atoms with E-state index in [1.807, 2.05) is 18.9 Å². The lowest BCUT2D eigenvalue weighted by molar-refractivity contribution is -0.142. The first-order chi connectivity index (χ1) is 18.9. The molecule has 1 aromatic heterocycles. The van der Waals surface area contributed by atoms with Crippen molar-refractivity contribution in [1.29, 1.82) is 0 Å². The zero-order chi connectivity index (χ0) is 27.3. The third kappa shape index (κ3) is 4.85. The van der Waals surface area contributed by atoms with Gasteiger partial charge < -0.3 is 20.3 Å². The lowest BCUT2D eigenvalue weighted by Crippen LogP contribution is -2.63. The van der Waals surface area contributed by atoms with Crippen LogP contribution in [0.15, 0.2) is 12.1 Å². The van der Waals surface area contributed by atoms with Gasteiger partial charge in [-0.05, 0) is 80.8 Å². The first kappa shape index (κ1) is 26.7. The Morgan fingerprint density at radius 1 is 1.23 bits per heavy atom. The van der Waals surface area contributed by atoms with Gasteiger partial charge in [0.15, 0.2) is 11.6 Å². The van der Waals surface area contributed by atoms with Gasteiger partial charge in [0.25, 0.3) is 0 Å². The van der Waals surface area contributed by atoms with Crippen LogP contribution in [0, 0.1) is 11.7 Å².